The fraction of sp³-hybridized carbons (Fsp3) is 1.00. The Balaban J connectivity index is 2.33. The number of halogens is 1. The predicted octanol–water partition coefficient (Wildman–Crippen LogP) is 2.94. The zero-order chi connectivity index (χ0) is 8.97. The predicted molar refractivity (Wildman–Crippen MR) is 47.9 cm³/mol. The average molecular weight is 174 g/mol. The van der Waals surface area contributed by atoms with Crippen molar-refractivity contribution in [3.8, 4) is 0 Å². The molecular formula is C10H19FO. The molecule has 0 N–H and O–H groups in total. The Hall–Kier alpha value is -0.110. The fourth-order valence-electron chi connectivity index (χ4n) is 2.09. The number of rotatable bonds is 3. The molecular weight excluding hydrogens is 155 g/mol. The lowest BCUT2D eigenvalue weighted by molar-refractivity contribution is -0.0128. The molecule has 1 nitrogen and oxygen atoms in total. The maximum atomic E-state index is 13.1. The lowest BCUT2D eigenvalue weighted by atomic mass is 9.83. The Morgan fingerprint density at radius 1 is 1.42 bits per heavy atom. The van der Waals surface area contributed by atoms with Gasteiger partial charge in [0.15, 0.2) is 0 Å². The summed E-state index contributed by atoms with van der Waals surface area (Å²) in [6, 6.07) is 0. The van der Waals surface area contributed by atoms with Gasteiger partial charge >= 0.3 is 0 Å². The Morgan fingerprint density at radius 2 is 2.17 bits per heavy atom. The first-order valence-electron chi connectivity index (χ1n) is 4.94. The van der Waals surface area contributed by atoms with Gasteiger partial charge in [0, 0.05) is 7.11 Å². The standard InChI is InChI=1S/C10H19FO/c1-3-4-8-5-6-9(11)10(7-8)12-2/h8-10H,3-7H2,1-2H3. The summed E-state index contributed by atoms with van der Waals surface area (Å²) in [5.74, 6) is 0.701. The van der Waals surface area contributed by atoms with E-state index in [2.05, 4.69) is 6.92 Å². The highest BCUT2D eigenvalue weighted by Gasteiger charge is 2.29. The van der Waals surface area contributed by atoms with Gasteiger partial charge in [-0.05, 0) is 25.2 Å². The molecule has 1 aliphatic carbocycles. The minimum atomic E-state index is -0.719. The van der Waals surface area contributed by atoms with Crippen LogP contribution < -0.4 is 0 Å². The molecule has 0 heterocycles. The summed E-state index contributed by atoms with van der Waals surface area (Å²) in [5.41, 5.74) is 0. The van der Waals surface area contributed by atoms with Crippen molar-refractivity contribution in [2.45, 2.75) is 51.3 Å². The molecule has 0 bridgehead atoms. The minimum absolute atomic E-state index is 0.129. The van der Waals surface area contributed by atoms with Crippen LogP contribution in [0.2, 0.25) is 0 Å². The molecule has 2 heteroatoms. The van der Waals surface area contributed by atoms with Crippen LogP contribution in [0.15, 0.2) is 0 Å². The molecule has 0 spiro atoms. The zero-order valence-corrected chi connectivity index (χ0v) is 8.05. The topological polar surface area (TPSA) is 9.23 Å². The van der Waals surface area contributed by atoms with E-state index < -0.39 is 6.17 Å². The van der Waals surface area contributed by atoms with Gasteiger partial charge in [-0.1, -0.05) is 19.8 Å². The largest absolute Gasteiger partial charge is 0.378 e. The molecule has 0 amide bonds. The molecule has 0 aromatic heterocycles. The van der Waals surface area contributed by atoms with Crippen LogP contribution in [0.5, 0.6) is 0 Å². The summed E-state index contributed by atoms with van der Waals surface area (Å²) in [6.45, 7) is 2.18. The SMILES string of the molecule is CCCC1CCC(F)C(OC)C1. The number of hydrogen-bond donors (Lipinski definition) is 0. The van der Waals surface area contributed by atoms with Crippen molar-refractivity contribution in [3.63, 3.8) is 0 Å². The van der Waals surface area contributed by atoms with E-state index in [-0.39, 0.29) is 6.10 Å². The molecule has 0 aromatic rings. The van der Waals surface area contributed by atoms with Crippen LogP contribution in [0, 0.1) is 5.92 Å². The Morgan fingerprint density at radius 3 is 2.75 bits per heavy atom. The lowest BCUT2D eigenvalue weighted by Gasteiger charge is -2.30. The number of alkyl halides is 1. The Kier molecular flexibility index (Phi) is 3.99. The summed E-state index contributed by atoms with van der Waals surface area (Å²) in [6.07, 6.45) is 4.26. The van der Waals surface area contributed by atoms with E-state index in [0.717, 1.165) is 12.8 Å². The average Bonchev–Trinajstić information content (AvgIpc) is 2.09. The number of ether oxygens (including phenoxy) is 1. The first-order valence-corrected chi connectivity index (χ1v) is 4.94. The molecule has 72 valence electrons. The second kappa shape index (κ2) is 4.80. The summed E-state index contributed by atoms with van der Waals surface area (Å²) in [5, 5.41) is 0. The normalized spacial score (nSPS) is 36.8. The Bertz CT molecular complexity index is 127. The molecule has 1 fully saturated rings. The molecule has 0 saturated heterocycles. The lowest BCUT2D eigenvalue weighted by Crippen LogP contribution is -2.32. The maximum absolute atomic E-state index is 13.1. The van der Waals surface area contributed by atoms with Crippen molar-refractivity contribution in [1.82, 2.24) is 0 Å². The summed E-state index contributed by atoms with van der Waals surface area (Å²) < 4.78 is 18.2. The monoisotopic (exact) mass is 174 g/mol. The van der Waals surface area contributed by atoms with Crippen LogP contribution >= 0.6 is 0 Å². The third-order valence-corrected chi connectivity index (χ3v) is 2.82. The van der Waals surface area contributed by atoms with Crippen LogP contribution in [0.25, 0.3) is 0 Å². The number of hydrogen-bond acceptors (Lipinski definition) is 1. The summed E-state index contributed by atoms with van der Waals surface area (Å²) >= 11 is 0. The van der Waals surface area contributed by atoms with Crippen molar-refractivity contribution in [3.05, 3.63) is 0 Å². The van der Waals surface area contributed by atoms with E-state index in [1.807, 2.05) is 0 Å². The van der Waals surface area contributed by atoms with Crippen LogP contribution in [-0.4, -0.2) is 19.4 Å². The van der Waals surface area contributed by atoms with Gasteiger partial charge in [0.1, 0.15) is 6.17 Å². The summed E-state index contributed by atoms with van der Waals surface area (Å²) in [7, 11) is 1.62. The van der Waals surface area contributed by atoms with E-state index in [1.165, 1.54) is 12.8 Å². The van der Waals surface area contributed by atoms with E-state index >= 15 is 0 Å². The molecule has 0 aliphatic heterocycles. The first-order chi connectivity index (χ1) is 5.77. The van der Waals surface area contributed by atoms with Gasteiger partial charge in [0.25, 0.3) is 0 Å². The summed E-state index contributed by atoms with van der Waals surface area (Å²) in [4.78, 5) is 0. The fourth-order valence-corrected chi connectivity index (χ4v) is 2.09. The van der Waals surface area contributed by atoms with Crippen molar-refractivity contribution in [2.75, 3.05) is 7.11 Å². The zero-order valence-electron chi connectivity index (χ0n) is 8.05. The van der Waals surface area contributed by atoms with Crippen LogP contribution in [0.4, 0.5) is 4.39 Å². The van der Waals surface area contributed by atoms with E-state index in [4.69, 9.17) is 4.74 Å². The highest BCUT2D eigenvalue weighted by Crippen LogP contribution is 2.30. The van der Waals surface area contributed by atoms with Crippen LogP contribution in [0.1, 0.15) is 39.0 Å². The van der Waals surface area contributed by atoms with Crippen molar-refractivity contribution in [2.24, 2.45) is 5.92 Å². The molecule has 3 atom stereocenters. The molecule has 0 radical (unpaired) electrons. The quantitative estimate of drug-likeness (QED) is 0.639. The van der Waals surface area contributed by atoms with Crippen LogP contribution in [-0.2, 0) is 4.74 Å². The van der Waals surface area contributed by atoms with Crippen molar-refractivity contribution in [1.29, 1.82) is 0 Å². The van der Waals surface area contributed by atoms with E-state index in [1.54, 1.807) is 7.11 Å². The van der Waals surface area contributed by atoms with Gasteiger partial charge < -0.3 is 4.74 Å². The molecule has 0 aromatic carbocycles. The van der Waals surface area contributed by atoms with Gasteiger partial charge in [-0.3, -0.25) is 0 Å². The molecule has 1 aliphatic rings. The van der Waals surface area contributed by atoms with Gasteiger partial charge in [-0.2, -0.15) is 0 Å². The number of methoxy groups -OCH3 is 1. The third kappa shape index (κ3) is 2.44. The molecule has 1 saturated carbocycles. The van der Waals surface area contributed by atoms with Crippen molar-refractivity contribution < 1.29 is 9.13 Å². The minimum Gasteiger partial charge on any atom is -0.378 e. The van der Waals surface area contributed by atoms with Crippen molar-refractivity contribution >= 4 is 0 Å². The first kappa shape index (κ1) is 9.97. The van der Waals surface area contributed by atoms with Gasteiger partial charge in [-0.15, -0.1) is 0 Å². The van der Waals surface area contributed by atoms with E-state index in [9.17, 15) is 4.39 Å². The van der Waals surface area contributed by atoms with Crippen LogP contribution in [0.3, 0.4) is 0 Å². The molecule has 12 heavy (non-hydrogen) atoms. The van der Waals surface area contributed by atoms with Gasteiger partial charge in [0.2, 0.25) is 0 Å². The highest BCUT2D eigenvalue weighted by atomic mass is 19.1. The third-order valence-electron chi connectivity index (χ3n) is 2.82. The van der Waals surface area contributed by atoms with Gasteiger partial charge in [-0.25, -0.2) is 4.39 Å². The Labute approximate surface area is 74.3 Å². The second-order valence-electron chi connectivity index (χ2n) is 3.76. The van der Waals surface area contributed by atoms with Gasteiger partial charge in [0.05, 0.1) is 6.10 Å². The molecule has 1 rings (SSSR count). The van der Waals surface area contributed by atoms with E-state index in [0.29, 0.717) is 12.3 Å². The highest BCUT2D eigenvalue weighted by molar-refractivity contribution is 4.80. The second-order valence-corrected chi connectivity index (χ2v) is 3.76. The smallest absolute Gasteiger partial charge is 0.126 e. The molecule has 3 unspecified atom stereocenters. The maximum Gasteiger partial charge on any atom is 0.126 e.